The summed E-state index contributed by atoms with van der Waals surface area (Å²) >= 11 is 4.53. The third-order valence-electron chi connectivity index (χ3n) is 3.02. The van der Waals surface area contributed by atoms with Gasteiger partial charge in [0, 0.05) is 18.8 Å². The minimum atomic E-state index is -3.49. The van der Waals surface area contributed by atoms with Crippen LogP contribution in [-0.2, 0) is 16.6 Å². The van der Waals surface area contributed by atoms with Crippen LogP contribution in [0.1, 0.15) is 18.9 Å². The van der Waals surface area contributed by atoms with Crippen molar-refractivity contribution in [2.24, 2.45) is 0 Å². The Morgan fingerprint density at radius 3 is 2.52 bits per heavy atom. The fraction of sp³-hybridized carbons (Fsp3) is 0.286. The van der Waals surface area contributed by atoms with Gasteiger partial charge in [-0.05, 0) is 46.1 Å². The molecule has 0 bridgehead atoms. The van der Waals surface area contributed by atoms with Crippen LogP contribution in [0.15, 0.2) is 44.4 Å². The Bertz CT molecular complexity index is 713. The van der Waals surface area contributed by atoms with Gasteiger partial charge in [-0.1, -0.05) is 25.1 Å². The van der Waals surface area contributed by atoms with E-state index >= 15 is 0 Å². The van der Waals surface area contributed by atoms with Gasteiger partial charge < -0.3 is 5.73 Å². The molecule has 114 valence electrons. The largest absolute Gasteiger partial charge is 0.398 e. The van der Waals surface area contributed by atoms with Crippen molar-refractivity contribution in [3.05, 3.63) is 45.7 Å². The Morgan fingerprint density at radius 1 is 1.24 bits per heavy atom. The number of rotatable bonds is 6. The number of nitrogens with two attached hydrogens (primary N) is 1. The third kappa shape index (κ3) is 3.85. The zero-order valence-corrected chi connectivity index (χ0v) is 14.8. The summed E-state index contributed by atoms with van der Waals surface area (Å²) < 4.78 is 28.1. The van der Waals surface area contributed by atoms with Crippen molar-refractivity contribution in [1.29, 1.82) is 0 Å². The lowest BCUT2D eigenvalue weighted by molar-refractivity contribution is 0.407. The van der Waals surface area contributed by atoms with Gasteiger partial charge >= 0.3 is 0 Å². The lowest BCUT2D eigenvalue weighted by atomic mass is 10.2. The van der Waals surface area contributed by atoms with Crippen molar-refractivity contribution >= 4 is 43.0 Å². The first kappa shape index (κ1) is 16.5. The van der Waals surface area contributed by atoms with E-state index < -0.39 is 10.0 Å². The maximum Gasteiger partial charge on any atom is 0.252 e. The molecule has 7 heteroatoms. The summed E-state index contributed by atoms with van der Waals surface area (Å²) in [6.07, 6.45) is 0.749. The van der Waals surface area contributed by atoms with Gasteiger partial charge in [0.15, 0.2) is 0 Å². The first-order valence-electron chi connectivity index (χ1n) is 6.54. The van der Waals surface area contributed by atoms with E-state index in [9.17, 15) is 8.42 Å². The molecule has 0 atom stereocenters. The lowest BCUT2D eigenvalue weighted by Gasteiger charge is -2.21. The number of hydrogen-bond acceptors (Lipinski definition) is 4. The molecule has 0 aliphatic heterocycles. The minimum Gasteiger partial charge on any atom is -0.398 e. The average Bonchev–Trinajstić information content (AvgIpc) is 2.88. The summed E-state index contributed by atoms with van der Waals surface area (Å²) in [5.74, 6) is 0. The molecule has 1 heterocycles. The highest BCUT2D eigenvalue weighted by atomic mass is 79.9. The first-order chi connectivity index (χ1) is 9.95. The van der Waals surface area contributed by atoms with Crippen LogP contribution < -0.4 is 5.73 Å². The van der Waals surface area contributed by atoms with Gasteiger partial charge in [-0.15, -0.1) is 11.3 Å². The second kappa shape index (κ2) is 6.91. The summed E-state index contributed by atoms with van der Waals surface area (Å²) in [5, 5.41) is 0. The first-order valence-corrected chi connectivity index (χ1v) is 9.59. The summed E-state index contributed by atoms with van der Waals surface area (Å²) in [6, 6.07) is 10.7. The molecule has 2 rings (SSSR count). The molecular formula is C14H17BrN2O2S2. The number of nitrogen functional groups attached to an aromatic ring is 1. The van der Waals surface area contributed by atoms with Crippen LogP contribution in [-0.4, -0.2) is 19.3 Å². The van der Waals surface area contributed by atoms with Crippen LogP contribution in [0.2, 0.25) is 0 Å². The Labute approximate surface area is 137 Å². The summed E-state index contributed by atoms with van der Waals surface area (Å²) in [4.78, 5) is 0. The van der Waals surface area contributed by atoms with E-state index in [4.69, 9.17) is 5.73 Å². The highest BCUT2D eigenvalue weighted by molar-refractivity contribution is 9.11. The number of anilines is 1. The van der Waals surface area contributed by atoms with Gasteiger partial charge in [0.1, 0.15) is 4.21 Å². The number of halogens is 1. The molecule has 4 nitrogen and oxygen atoms in total. The number of hydrogen-bond donors (Lipinski definition) is 1. The van der Waals surface area contributed by atoms with Crippen LogP contribution in [0.4, 0.5) is 5.69 Å². The lowest BCUT2D eigenvalue weighted by Crippen LogP contribution is -2.31. The van der Waals surface area contributed by atoms with Gasteiger partial charge in [0.25, 0.3) is 10.0 Å². The van der Waals surface area contributed by atoms with Crippen LogP contribution in [0.5, 0.6) is 0 Å². The number of nitrogens with zero attached hydrogens (tertiary/aromatic N) is 1. The molecule has 2 aromatic rings. The fourth-order valence-corrected chi connectivity index (χ4v) is 5.64. The van der Waals surface area contributed by atoms with E-state index in [-0.39, 0.29) is 0 Å². The number of para-hydroxylation sites is 1. The fourth-order valence-electron chi connectivity index (χ4n) is 1.97. The quantitative estimate of drug-likeness (QED) is 0.767. The molecule has 1 aromatic carbocycles. The molecule has 21 heavy (non-hydrogen) atoms. The molecule has 2 N–H and O–H groups in total. The zero-order chi connectivity index (χ0) is 15.5. The van der Waals surface area contributed by atoms with Gasteiger partial charge in [0.05, 0.1) is 3.79 Å². The van der Waals surface area contributed by atoms with Crippen molar-refractivity contribution in [2.45, 2.75) is 24.1 Å². The highest BCUT2D eigenvalue weighted by Gasteiger charge is 2.26. The van der Waals surface area contributed by atoms with Crippen molar-refractivity contribution < 1.29 is 8.42 Å². The molecule has 0 aliphatic carbocycles. The number of sulfonamides is 1. The third-order valence-corrected chi connectivity index (χ3v) is 6.95. The van der Waals surface area contributed by atoms with E-state index in [2.05, 4.69) is 15.9 Å². The molecule has 1 aromatic heterocycles. The van der Waals surface area contributed by atoms with Crippen molar-refractivity contribution in [3.63, 3.8) is 0 Å². The molecule has 0 spiro atoms. The predicted molar refractivity (Wildman–Crippen MR) is 90.8 cm³/mol. The van der Waals surface area contributed by atoms with Crippen LogP contribution in [0, 0.1) is 0 Å². The Balaban J connectivity index is 2.33. The molecule has 0 amide bonds. The number of benzene rings is 1. The molecule has 0 saturated heterocycles. The SMILES string of the molecule is CCCN(Cc1ccccc1N)S(=O)(=O)c1ccc(Br)s1. The summed E-state index contributed by atoms with van der Waals surface area (Å²) in [6.45, 7) is 2.71. The summed E-state index contributed by atoms with van der Waals surface area (Å²) in [7, 11) is -3.49. The van der Waals surface area contributed by atoms with Crippen LogP contribution >= 0.6 is 27.3 Å². The predicted octanol–water partition coefficient (Wildman–Crippen LogP) is 3.69. The maximum absolute atomic E-state index is 12.7. The van der Waals surface area contributed by atoms with Crippen molar-refractivity contribution in [3.8, 4) is 0 Å². The second-order valence-electron chi connectivity index (χ2n) is 4.60. The smallest absolute Gasteiger partial charge is 0.252 e. The minimum absolute atomic E-state index is 0.290. The molecule has 0 unspecified atom stereocenters. The van der Waals surface area contributed by atoms with E-state index in [0.717, 1.165) is 15.8 Å². The molecule has 0 aliphatic rings. The highest BCUT2D eigenvalue weighted by Crippen LogP contribution is 2.29. The van der Waals surface area contributed by atoms with Crippen molar-refractivity contribution in [1.82, 2.24) is 4.31 Å². The molecule has 0 fully saturated rings. The Kier molecular flexibility index (Phi) is 5.43. The molecular weight excluding hydrogens is 372 g/mol. The van der Waals surface area contributed by atoms with Gasteiger partial charge in [-0.2, -0.15) is 4.31 Å². The maximum atomic E-state index is 12.7. The summed E-state index contributed by atoms with van der Waals surface area (Å²) in [5.41, 5.74) is 7.36. The van der Waals surface area contributed by atoms with Crippen LogP contribution in [0.3, 0.4) is 0 Å². The van der Waals surface area contributed by atoms with E-state index in [0.29, 0.717) is 23.0 Å². The molecule has 0 saturated carbocycles. The number of thiophene rings is 1. The zero-order valence-electron chi connectivity index (χ0n) is 11.6. The van der Waals surface area contributed by atoms with E-state index in [1.165, 1.54) is 15.6 Å². The topological polar surface area (TPSA) is 63.4 Å². The Morgan fingerprint density at radius 2 is 1.95 bits per heavy atom. The molecule has 0 radical (unpaired) electrons. The average molecular weight is 389 g/mol. The van der Waals surface area contributed by atoms with Gasteiger partial charge in [0.2, 0.25) is 0 Å². The Hall–Kier alpha value is -0.890. The van der Waals surface area contributed by atoms with Gasteiger partial charge in [-0.3, -0.25) is 0 Å². The van der Waals surface area contributed by atoms with Crippen LogP contribution in [0.25, 0.3) is 0 Å². The van der Waals surface area contributed by atoms with E-state index in [1.807, 2.05) is 25.1 Å². The monoisotopic (exact) mass is 388 g/mol. The second-order valence-corrected chi connectivity index (χ2v) is 9.22. The normalized spacial score (nSPS) is 12.0. The van der Waals surface area contributed by atoms with Crippen molar-refractivity contribution in [2.75, 3.05) is 12.3 Å². The standard InChI is InChI=1S/C14H17BrN2O2S2/c1-2-9-17(10-11-5-3-4-6-12(11)16)21(18,19)14-8-7-13(15)20-14/h3-8H,2,9-10,16H2,1H3. The van der Waals surface area contributed by atoms with Gasteiger partial charge in [-0.25, -0.2) is 8.42 Å². The van der Waals surface area contributed by atoms with E-state index in [1.54, 1.807) is 18.2 Å².